The molecule has 0 amide bonds. The van der Waals surface area contributed by atoms with Gasteiger partial charge in [0.25, 0.3) is 0 Å². The molecule has 3 nitrogen and oxygen atoms in total. The van der Waals surface area contributed by atoms with Gasteiger partial charge in [-0.25, -0.2) is 0 Å². The lowest BCUT2D eigenvalue weighted by Crippen LogP contribution is -2.05. The average molecular weight is 330 g/mol. The van der Waals surface area contributed by atoms with Crippen LogP contribution in [0, 0.1) is 0 Å². The highest BCUT2D eigenvalue weighted by atomic mass is 16.6. The second kappa shape index (κ2) is 9.38. The van der Waals surface area contributed by atoms with Crippen molar-refractivity contribution in [3.63, 3.8) is 0 Å². The molecule has 0 aliphatic rings. The van der Waals surface area contributed by atoms with E-state index in [0.717, 1.165) is 36.1 Å². The molecule has 1 heterocycles. The summed E-state index contributed by atoms with van der Waals surface area (Å²) in [5, 5.41) is 4.39. The molecule has 1 aromatic heterocycles. The Morgan fingerprint density at radius 2 is 1.52 bits per heavy atom. The lowest BCUT2D eigenvalue weighted by molar-refractivity contribution is 0.140. The van der Waals surface area contributed by atoms with Gasteiger partial charge in [-0.3, -0.25) is 4.98 Å². The third-order valence-corrected chi connectivity index (χ3v) is 3.93. The number of unbranched alkanes of at least 4 members (excludes halogenated alkanes) is 1. The maximum Gasteiger partial charge on any atom is 0.118 e. The topological polar surface area (TPSA) is 34.5 Å². The summed E-state index contributed by atoms with van der Waals surface area (Å²) in [6.07, 6.45) is 6.71. The zero-order valence-electron chi connectivity index (χ0n) is 14.2. The van der Waals surface area contributed by atoms with Gasteiger partial charge in [0.1, 0.15) is 12.3 Å². The molecular weight excluding hydrogens is 308 g/mol. The van der Waals surface area contributed by atoms with Crippen molar-refractivity contribution in [2.24, 2.45) is 5.16 Å². The van der Waals surface area contributed by atoms with Gasteiger partial charge in [0.2, 0.25) is 0 Å². The second-order valence-electron chi connectivity index (χ2n) is 5.82. The lowest BCUT2D eigenvalue weighted by atomic mass is 10.0. The number of oxime groups is 1. The van der Waals surface area contributed by atoms with Crippen LogP contribution in [0.5, 0.6) is 0 Å². The molecule has 0 aliphatic heterocycles. The second-order valence-corrected chi connectivity index (χ2v) is 5.82. The van der Waals surface area contributed by atoms with Crippen molar-refractivity contribution in [1.29, 1.82) is 0 Å². The van der Waals surface area contributed by atoms with E-state index in [1.54, 1.807) is 6.20 Å². The number of benzene rings is 2. The highest BCUT2D eigenvalue weighted by Crippen LogP contribution is 2.11. The van der Waals surface area contributed by atoms with Gasteiger partial charge in [-0.1, -0.05) is 65.8 Å². The fourth-order valence-electron chi connectivity index (χ4n) is 2.62. The Kier molecular flexibility index (Phi) is 6.34. The summed E-state index contributed by atoms with van der Waals surface area (Å²) in [6, 6.07) is 24.5. The van der Waals surface area contributed by atoms with Gasteiger partial charge in [-0.2, -0.15) is 0 Å². The van der Waals surface area contributed by atoms with Crippen LogP contribution in [0.15, 0.2) is 90.3 Å². The van der Waals surface area contributed by atoms with Crippen LogP contribution in [0.2, 0.25) is 0 Å². The molecule has 0 aliphatic carbocycles. The van der Waals surface area contributed by atoms with Gasteiger partial charge in [0, 0.05) is 23.5 Å². The zero-order valence-corrected chi connectivity index (χ0v) is 14.2. The van der Waals surface area contributed by atoms with Gasteiger partial charge in [0.05, 0.1) is 0 Å². The van der Waals surface area contributed by atoms with Crippen LogP contribution in [0.4, 0.5) is 0 Å². The SMILES string of the molecule is c1ccc(CCCCON=C(c2ccccc2)c2cccnc2)cc1. The molecule has 0 spiro atoms. The van der Waals surface area contributed by atoms with Crippen LogP contribution >= 0.6 is 0 Å². The first-order valence-corrected chi connectivity index (χ1v) is 8.63. The van der Waals surface area contributed by atoms with Crippen LogP contribution in [0.3, 0.4) is 0 Å². The van der Waals surface area contributed by atoms with Crippen LogP contribution in [0.25, 0.3) is 0 Å². The Bertz CT molecular complexity index is 729. The van der Waals surface area contributed by atoms with E-state index in [9.17, 15) is 0 Å². The van der Waals surface area contributed by atoms with E-state index < -0.39 is 0 Å². The van der Waals surface area contributed by atoms with E-state index in [4.69, 9.17) is 4.84 Å². The summed E-state index contributed by atoms with van der Waals surface area (Å²) >= 11 is 0. The number of aromatic nitrogens is 1. The molecule has 3 aromatic rings. The molecule has 0 unspecified atom stereocenters. The molecular formula is C22H22N2O. The first-order valence-electron chi connectivity index (χ1n) is 8.63. The third-order valence-electron chi connectivity index (χ3n) is 3.93. The molecule has 0 atom stereocenters. The van der Waals surface area contributed by atoms with Crippen molar-refractivity contribution in [2.45, 2.75) is 19.3 Å². The summed E-state index contributed by atoms with van der Waals surface area (Å²) in [4.78, 5) is 9.79. The van der Waals surface area contributed by atoms with Gasteiger partial charge in [-0.15, -0.1) is 0 Å². The quantitative estimate of drug-likeness (QED) is 0.335. The number of hydrogen-bond acceptors (Lipinski definition) is 3. The zero-order chi connectivity index (χ0) is 17.2. The van der Waals surface area contributed by atoms with Crippen molar-refractivity contribution in [3.05, 3.63) is 102 Å². The van der Waals surface area contributed by atoms with Gasteiger partial charge >= 0.3 is 0 Å². The molecule has 3 rings (SSSR count). The molecule has 126 valence electrons. The standard InChI is InChI=1S/C22H22N2O/c1-3-10-19(11-4-1)12-7-8-17-25-24-22(20-13-5-2-6-14-20)21-15-9-16-23-18-21/h1-6,9-11,13-16,18H,7-8,12,17H2. The first kappa shape index (κ1) is 16.9. The molecule has 25 heavy (non-hydrogen) atoms. The summed E-state index contributed by atoms with van der Waals surface area (Å²) in [5.74, 6) is 0. The van der Waals surface area contributed by atoms with Crippen LogP contribution in [-0.2, 0) is 11.3 Å². The van der Waals surface area contributed by atoms with Crippen molar-refractivity contribution >= 4 is 5.71 Å². The molecule has 0 radical (unpaired) electrons. The Balaban J connectivity index is 1.56. The van der Waals surface area contributed by atoms with Crippen molar-refractivity contribution in [2.75, 3.05) is 6.61 Å². The number of hydrogen-bond donors (Lipinski definition) is 0. The van der Waals surface area contributed by atoms with Crippen LogP contribution in [-0.4, -0.2) is 17.3 Å². The largest absolute Gasteiger partial charge is 0.395 e. The van der Waals surface area contributed by atoms with Crippen molar-refractivity contribution in [3.8, 4) is 0 Å². The fourth-order valence-corrected chi connectivity index (χ4v) is 2.62. The Morgan fingerprint density at radius 3 is 2.24 bits per heavy atom. The highest BCUT2D eigenvalue weighted by Gasteiger charge is 2.07. The predicted molar refractivity (Wildman–Crippen MR) is 102 cm³/mol. The monoisotopic (exact) mass is 330 g/mol. The summed E-state index contributed by atoms with van der Waals surface area (Å²) in [7, 11) is 0. The van der Waals surface area contributed by atoms with Crippen LogP contribution in [0.1, 0.15) is 29.5 Å². The number of pyridine rings is 1. The molecule has 0 saturated heterocycles. The smallest absolute Gasteiger partial charge is 0.118 e. The van der Waals surface area contributed by atoms with Gasteiger partial charge in [0.15, 0.2) is 0 Å². The predicted octanol–water partition coefficient (Wildman–Crippen LogP) is 4.87. The maximum absolute atomic E-state index is 5.60. The first-order chi connectivity index (χ1) is 12.4. The van der Waals surface area contributed by atoms with E-state index >= 15 is 0 Å². The third kappa shape index (κ3) is 5.28. The molecule has 0 fully saturated rings. The Morgan fingerprint density at radius 1 is 0.800 bits per heavy atom. The van der Waals surface area contributed by atoms with E-state index in [-0.39, 0.29) is 0 Å². The minimum Gasteiger partial charge on any atom is -0.395 e. The van der Waals surface area contributed by atoms with E-state index in [2.05, 4.69) is 34.4 Å². The Hall–Kier alpha value is -2.94. The molecule has 0 saturated carbocycles. The highest BCUT2D eigenvalue weighted by molar-refractivity contribution is 6.12. The molecule has 0 bridgehead atoms. The molecule has 0 N–H and O–H groups in total. The minimum atomic E-state index is 0.615. The van der Waals surface area contributed by atoms with E-state index in [0.29, 0.717) is 6.61 Å². The van der Waals surface area contributed by atoms with Gasteiger partial charge in [-0.05, 0) is 37.0 Å². The van der Waals surface area contributed by atoms with E-state index in [1.807, 2.05) is 54.7 Å². The van der Waals surface area contributed by atoms with Crippen LogP contribution < -0.4 is 0 Å². The average Bonchev–Trinajstić information content (AvgIpc) is 2.69. The maximum atomic E-state index is 5.60. The van der Waals surface area contributed by atoms with Crippen molar-refractivity contribution < 1.29 is 4.84 Å². The summed E-state index contributed by atoms with van der Waals surface area (Å²) < 4.78 is 0. The summed E-state index contributed by atoms with van der Waals surface area (Å²) in [6.45, 7) is 0.615. The van der Waals surface area contributed by atoms with E-state index in [1.165, 1.54) is 5.56 Å². The number of nitrogens with zero attached hydrogens (tertiary/aromatic N) is 2. The Labute approximate surface area is 149 Å². The number of aryl methyl sites for hydroxylation is 1. The lowest BCUT2D eigenvalue weighted by Gasteiger charge is -2.07. The molecule has 3 heteroatoms. The van der Waals surface area contributed by atoms with Gasteiger partial charge < -0.3 is 4.84 Å². The minimum absolute atomic E-state index is 0.615. The fraction of sp³-hybridized carbons (Fsp3) is 0.182. The number of rotatable bonds is 8. The normalized spacial score (nSPS) is 11.3. The summed E-state index contributed by atoms with van der Waals surface area (Å²) in [5.41, 5.74) is 4.17. The van der Waals surface area contributed by atoms with Crippen molar-refractivity contribution in [1.82, 2.24) is 4.98 Å². The molecule has 2 aromatic carbocycles.